The van der Waals surface area contributed by atoms with Crippen molar-refractivity contribution in [3.05, 3.63) is 28.3 Å². The number of anilines is 1. The zero-order valence-corrected chi connectivity index (χ0v) is 11.6. The van der Waals surface area contributed by atoms with E-state index >= 15 is 0 Å². The minimum atomic E-state index is -0.966. The zero-order chi connectivity index (χ0) is 15.4. The number of piperazine rings is 1. The summed E-state index contributed by atoms with van der Waals surface area (Å²) in [4.78, 5) is 23.5. The molecule has 8 heteroatoms. The van der Waals surface area contributed by atoms with Crippen LogP contribution in [0.2, 0.25) is 0 Å². The number of carbonyl (C=O) groups is 1. The molecule has 8 nitrogen and oxygen atoms in total. The summed E-state index contributed by atoms with van der Waals surface area (Å²) in [5.41, 5.74) is 0.375. The topological polar surface area (TPSA) is 105 Å². The fourth-order valence-electron chi connectivity index (χ4n) is 2.32. The van der Waals surface area contributed by atoms with Gasteiger partial charge in [-0.1, -0.05) is 0 Å². The Morgan fingerprint density at radius 3 is 2.95 bits per heavy atom. The summed E-state index contributed by atoms with van der Waals surface area (Å²) in [5.74, 6) is -0.601. The van der Waals surface area contributed by atoms with Crippen molar-refractivity contribution in [3.8, 4) is 5.75 Å². The van der Waals surface area contributed by atoms with Crippen LogP contribution in [0, 0.1) is 10.1 Å². The lowest BCUT2D eigenvalue weighted by molar-refractivity contribution is -0.384. The van der Waals surface area contributed by atoms with Gasteiger partial charge < -0.3 is 20.1 Å². The molecule has 0 saturated carbocycles. The smallest absolute Gasteiger partial charge is 0.327 e. The summed E-state index contributed by atoms with van der Waals surface area (Å²) >= 11 is 0. The molecule has 0 radical (unpaired) electrons. The molecule has 0 spiro atoms. The molecule has 0 aromatic heterocycles. The van der Waals surface area contributed by atoms with Gasteiger partial charge in [-0.3, -0.25) is 10.1 Å². The molecule has 2 N–H and O–H groups in total. The van der Waals surface area contributed by atoms with E-state index in [9.17, 15) is 20.0 Å². The van der Waals surface area contributed by atoms with Gasteiger partial charge in [0.05, 0.1) is 17.6 Å². The molecule has 1 aromatic rings. The number of carboxylic acids is 1. The molecule has 0 amide bonds. The van der Waals surface area contributed by atoms with Gasteiger partial charge in [0.2, 0.25) is 0 Å². The molecule has 2 rings (SSSR count). The van der Waals surface area contributed by atoms with Crippen LogP contribution in [0.5, 0.6) is 5.75 Å². The maximum absolute atomic E-state index is 11.3. The van der Waals surface area contributed by atoms with E-state index in [1.54, 1.807) is 17.9 Å². The molecule has 1 unspecified atom stereocenters. The number of carboxylic acid groups (broad SMARTS) is 1. The van der Waals surface area contributed by atoms with E-state index in [-0.39, 0.29) is 5.69 Å². The molecule has 1 aliphatic rings. The molecule has 1 saturated heterocycles. The average molecular weight is 295 g/mol. The Labute approximate surface area is 121 Å². The van der Waals surface area contributed by atoms with Crippen LogP contribution in [-0.2, 0) is 4.79 Å². The van der Waals surface area contributed by atoms with E-state index in [0.717, 1.165) is 0 Å². The number of hydrogen-bond acceptors (Lipinski definition) is 6. The second-order valence-corrected chi connectivity index (χ2v) is 4.63. The number of rotatable bonds is 5. The number of non-ortho nitro benzene ring substituents is 1. The summed E-state index contributed by atoms with van der Waals surface area (Å²) in [6, 6.07) is 3.60. The van der Waals surface area contributed by atoms with Crippen molar-refractivity contribution in [2.45, 2.75) is 13.0 Å². The Hall–Kier alpha value is -2.35. The van der Waals surface area contributed by atoms with Gasteiger partial charge in [0.25, 0.3) is 5.69 Å². The second-order valence-electron chi connectivity index (χ2n) is 4.63. The molecular formula is C13H17N3O5. The number of nitro groups is 1. The Morgan fingerprint density at radius 2 is 2.33 bits per heavy atom. The highest BCUT2D eigenvalue weighted by Crippen LogP contribution is 2.30. The summed E-state index contributed by atoms with van der Waals surface area (Å²) in [6.45, 7) is 3.54. The fourth-order valence-corrected chi connectivity index (χ4v) is 2.32. The average Bonchev–Trinajstić information content (AvgIpc) is 2.47. The number of nitrogens with zero attached hydrogens (tertiary/aromatic N) is 2. The van der Waals surface area contributed by atoms with Crippen LogP contribution in [0.4, 0.5) is 11.4 Å². The van der Waals surface area contributed by atoms with Crippen LogP contribution in [0.3, 0.4) is 0 Å². The summed E-state index contributed by atoms with van der Waals surface area (Å²) < 4.78 is 5.33. The van der Waals surface area contributed by atoms with Crippen molar-refractivity contribution < 1.29 is 19.6 Å². The van der Waals surface area contributed by atoms with E-state index < -0.39 is 16.9 Å². The minimum absolute atomic E-state index is 0.112. The maximum atomic E-state index is 11.3. The van der Waals surface area contributed by atoms with Gasteiger partial charge >= 0.3 is 5.97 Å². The summed E-state index contributed by atoms with van der Waals surface area (Å²) in [7, 11) is 0. The van der Waals surface area contributed by atoms with Crippen LogP contribution >= 0.6 is 0 Å². The van der Waals surface area contributed by atoms with E-state index in [2.05, 4.69) is 5.32 Å². The van der Waals surface area contributed by atoms with Crippen molar-refractivity contribution in [1.82, 2.24) is 5.32 Å². The molecule has 1 aliphatic heterocycles. The highest BCUT2D eigenvalue weighted by Gasteiger charge is 2.29. The molecule has 21 heavy (non-hydrogen) atoms. The molecule has 1 fully saturated rings. The third kappa shape index (κ3) is 3.40. The molecule has 1 aromatic carbocycles. The number of nitrogens with one attached hydrogen (secondary N) is 1. The molecular weight excluding hydrogens is 278 g/mol. The van der Waals surface area contributed by atoms with Crippen molar-refractivity contribution >= 4 is 17.3 Å². The van der Waals surface area contributed by atoms with Crippen molar-refractivity contribution in [2.24, 2.45) is 0 Å². The third-order valence-electron chi connectivity index (χ3n) is 3.26. The summed E-state index contributed by atoms with van der Waals surface area (Å²) in [5, 5.41) is 23.3. The SMILES string of the molecule is CCOc1cc(N2CCNCC2C(=O)O)cc([N+](=O)[O-])c1. The van der Waals surface area contributed by atoms with Gasteiger partial charge in [-0.05, 0) is 6.92 Å². The Balaban J connectivity index is 2.40. The highest BCUT2D eigenvalue weighted by atomic mass is 16.6. The summed E-state index contributed by atoms with van der Waals surface area (Å²) in [6.07, 6.45) is 0. The number of nitro benzene ring substituents is 1. The van der Waals surface area contributed by atoms with Crippen LogP contribution in [0.15, 0.2) is 18.2 Å². The normalized spacial score (nSPS) is 18.3. The molecule has 114 valence electrons. The van der Waals surface area contributed by atoms with Crippen LogP contribution in [-0.4, -0.2) is 48.3 Å². The lowest BCUT2D eigenvalue weighted by atomic mass is 10.1. The Kier molecular flexibility index (Phi) is 4.59. The van der Waals surface area contributed by atoms with Crippen LogP contribution in [0.1, 0.15) is 6.92 Å². The first-order chi connectivity index (χ1) is 10.0. The van der Waals surface area contributed by atoms with Crippen LogP contribution < -0.4 is 15.0 Å². The molecule has 0 bridgehead atoms. The van der Waals surface area contributed by atoms with Crippen molar-refractivity contribution in [3.63, 3.8) is 0 Å². The first kappa shape index (κ1) is 15.0. The Morgan fingerprint density at radius 1 is 1.57 bits per heavy atom. The van der Waals surface area contributed by atoms with Gasteiger partial charge in [-0.2, -0.15) is 0 Å². The number of hydrogen-bond donors (Lipinski definition) is 2. The first-order valence-electron chi connectivity index (χ1n) is 6.65. The van der Waals surface area contributed by atoms with Gasteiger partial charge in [0.15, 0.2) is 0 Å². The Bertz CT molecular complexity index is 549. The van der Waals surface area contributed by atoms with E-state index in [1.165, 1.54) is 12.1 Å². The molecule has 1 heterocycles. The van der Waals surface area contributed by atoms with Gasteiger partial charge in [-0.15, -0.1) is 0 Å². The van der Waals surface area contributed by atoms with Gasteiger partial charge in [-0.25, -0.2) is 4.79 Å². The largest absolute Gasteiger partial charge is 0.494 e. The first-order valence-corrected chi connectivity index (χ1v) is 6.65. The fraction of sp³-hybridized carbons (Fsp3) is 0.462. The second kappa shape index (κ2) is 6.40. The van der Waals surface area contributed by atoms with E-state index in [1.807, 2.05) is 0 Å². The predicted octanol–water partition coefficient (Wildman–Crippen LogP) is 0.856. The predicted molar refractivity (Wildman–Crippen MR) is 75.9 cm³/mol. The standard InChI is InChI=1S/C13H17N3O5/c1-2-21-11-6-9(5-10(7-11)16(19)20)15-4-3-14-8-12(15)13(17)18/h5-7,12,14H,2-4,8H2,1H3,(H,17,18). The third-order valence-corrected chi connectivity index (χ3v) is 3.26. The van der Waals surface area contributed by atoms with E-state index in [0.29, 0.717) is 37.7 Å². The van der Waals surface area contributed by atoms with Gasteiger partial charge in [0.1, 0.15) is 11.8 Å². The quantitative estimate of drug-likeness (QED) is 0.613. The number of benzene rings is 1. The van der Waals surface area contributed by atoms with Crippen molar-refractivity contribution in [1.29, 1.82) is 0 Å². The maximum Gasteiger partial charge on any atom is 0.327 e. The number of aliphatic carboxylic acids is 1. The van der Waals surface area contributed by atoms with Crippen molar-refractivity contribution in [2.75, 3.05) is 31.1 Å². The highest BCUT2D eigenvalue weighted by molar-refractivity contribution is 5.79. The minimum Gasteiger partial charge on any atom is -0.494 e. The zero-order valence-electron chi connectivity index (χ0n) is 11.6. The van der Waals surface area contributed by atoms with Crippen LogP contribution in [0.25, 0.3) is 0 Å². The monoisotopic (exact) mass is 295 g/mol. The molecule has 1 atom stereocenters. The lowest BCUT2D eigenvalue weighted by Gasteiger charge is -2.35. The molecule has 0 aliphatic carbocycles. The van der Waals surface area contributed by atoms with E-state index in [4.69, 9.17) is 4.74 Å². The van der Waals surface area contributed by atoms with Gasteiger partial charge in [0, 0.05) is 37.5 Å². The number of ether oxygens (including phenoxy) is 1. The lowest BCUT2D eigenvalue weighted by Crippen LogP contribution is -2.55.